The van der Waals surface area contributed by atoms with E-state index in [1.54, 1.807) is 6.07 Å². The third-order valence-electron chi connectivity index (χ3n) is 2.70. The average molecular weight is 251 g/mol. The summed E-state index contributed by atoms with van der Waals surface area (Å²) in [5.74, 6) is -1.42. The first kappa shape index (κ1) is 12.4. The number of hydrogen-bond acceptors (Lipinski definition) is 2. The fourth-order valence-electron chi connectivity index (χ4n) is 1.72. The van der Waals surface area contributed by atoms with Gasteiger partial charge in [0.1, 0.15) is 17.7 Å². The Balaban J connectivity index is 2.54. The number of aliphatic hydroxyl groups excluding tert-OH is 1. The van der Waals surface area contributed by atoms with E-state index in [9.17, 15) is 18.7 Å². The van der Waals surface area contributed by atoms with Gasteiger partial charge in [-0.25, -0.2) is 8.78 Å². The van der Waals surface area contributed by atoms with Crippen molar-refractivity contribution in [1.82, 2.24) is 4.57 Å². The third-order valence-corrected chi connectivity index (χ3v) is 2.70. The zero-order chi connectivity index (χ0) is 13.3. The van der Waals surface area contributed by atoms with E-state index in [1.807, 2.05) is 0 Å². The maximum atomic E-state index is 13.5. The second kappa shape index (κ2) is 4.70. The van der Waals surface area contributed by atoms with Gasteiger partial charge in [-0.15, -0.1) is 0 Å². The molecule has 2 rings (SSSR count). The largest absolute Gasteiger partial charge is 0.383 e. The van der Waals surface area contributed by atoms with Crippen molar-refractivity contribution < 1.29 is 13.9 Å². The van der Waals surface area contributed by atoms with E-state index in [-0.39, 0.29) is 11.1 Å². The van der Waals surface area contributed by atoms with Crippen LogP contribution in [-0.2, 0) is 7.05 Å². The number of pyridine rings is 1. The quantitative estimate of drug-likeness (QED) is 0.883. The van der Waals surface area contributed by atoms with Crippen LogP contribution in [0.15, 0.2) is 41.3 Å². The molecule has 5 heteroatoms. The molecule has 1 N–H and O–H groups in total. The first-order chi connectivity index (χ1) is 8.50. The molecule has 1 heterocycles. The number of halogens is 2. The summed E-state index contributed by atoms with van der Waals surface area (Å²) in [6.45, 7) is 0. The Labute approximate surface area is 102 Å². The molecule has 0 saturated carbocycles. The van der Waals surface area contributed by atoms with Gasteiger partial charge in [-0.2, -0.15) is 0 Å². The van der Waals surface area contributed by atoms with Gasteiger partial charge >= 0.3 is 0 Å². The number of aliphatic hydroxyl groups is 1. The first-order valence-electron chi connectivity index (χ1n) is 5.29. The summed E-state index contributed by atoms with van der Waals surface area (Å²) in [5.41, 5.74) is -0.698. The highest BCUT2D eigenvalue weighted by atomic mass is 19.1. The second-order valence-electron chi connectivity index (χ2n) is 3.95. The molecule has 0 aliphatic carbocycles. The number of nitrogens with zero attached hydrogens (tertiary/aromatic N) is 1. The van der Waals surface area contributed by atoms with Crippen LogP contribution in [0.1, 0.15) is 17.2 Å². The van der Waals surface area contributed by atoms with Crippen LogP contribution in [0.5, 0.6) is 0 Å². The molecule has 1 unspecified atom stereocenters. The molecule has 0 spiro atoms. The van der Waals surface area contributed by atoms with Gasteiger partial charge in [-0.05, 0) is 30.3 Å². The average Bonchev–Trinajstić information content (AvgIpc) is 2.35. The van der Waals surface area contributed by atoms with Crippen molar-refractivity contribution in [2.45, 2.75) is 6.10 Å². The van der Waals surface area contributed by atoms with Crippen molar-refractivity contribution in [1.29, 1.82) is 0 Å². The highest BCUT2D eigenvalue weighted by molar-refractivity contribution is 5.29. The minimum Gasteiger partial charge on any atom is -0.383 e. The van der Waals surface area contributed by atoms with Gasteiger partial charge in [-0.3, -0.25) is 4.79 Å². The summed E-state index contributed by atoms with van der Waals surface area (Å²) in [4.78, 5) is 11.8. The van der Waals surface area contributed by atoms with Crippen LogP contribution in [0.3, 0.4) is 0 Å². The highest BCUT2D eigenvalue weighted by Crippen LogP contribution is 2.22. The Morgan fingerprint density at radius 2 is 1.94 bits per heavy atom. The molecule has 0 aliphatic rings. The molecule has 1 aromatic carbocycles. The van der Waals surface area contributed by atoms with Crippen LogP contribution in [0, 0.1) is 11.6 Å². The molecular formula is C13H11F2NO2. The zero-order valence-electron chi connectivity index (χ0n) is 9.60. The molecule has 0 saturated heterocycles. The smallest absolute Gasteiger partial charge is 0.256 e. The van der Waals surface area contributed by atoms with Crippen LogP contribution in [0.4, 0.5) is 8.78 Å². The van der Waals surface area contributed by atoms with Crippen LogP contribution >= 0.6 is 0 Å². The summed E-state index contributed by atoms with van der Waals surface area (Å²) >= 11 is 0. The normalized spacial score (nSPS) is 12.4. The minimum atomic E-state index is -1.49. The van der Waals surface area contributed by atoms with Gasteiger partial charge in [0.15, 0.2) is 0 Å². The monoisotopic (exact) mass is 251 g/mol. The Morgan fingerprint density at radius 3 is 2.67 bits per heavy atom. The van der Waals surface area contributed by atoms with E-state index in [1.165, 1.54) is 23.9 Å². The predicted octanol–water partition coefficient (Wildman–Crippen LogP) is 1.75. The molecule has 3 nitrogen and oxygen atoms in total. The van der Waals surface area contributed by atoms with Crippen LogP contribution in [0.25, 0.3) is 0 Å². The van der Waals surface area contributed by atoms with E-state index >= 15 is 0 Å². The topological polar surface area (TPSA) is 42.2 Å². The Morgan fingerprint density at radius 1 is 1.22 bits per heavy atom. The molecule has 0 bridgehead atoms. The summed E-state index contributed by atoms with van der Waals surface area (Å²) in [6.07, 6.45) is 0.0288. The summed E-state index contributed by atoms with van der Waals surface area (Å²) < 4.78 is 27.8. The first-order valence-corrected chi connectivity index (χ1v) is 5.29. The minimum absolute atomic E-state index is 0.00417. The van der Waals surface area contributed by atoms with Crippen molar-refractivity contribution in [2.75, 3.05) is 0 Å². The number of benzene rings is 1. The molecule has 0 aliphatic heterocycles. The number of hydrogen-bond donors (Lipinski definition) is 1. The van der Waals surface area contributed by atoms with E-state index in [0.29, 0.717) is 0 Å². The highest BCUT2D eigenvalue weighted by Gasteiger charge is 2.18. The molecule has 0 amide bonds. The lowest BCUT2D eigenvalue weighted by Gasteiger charge is -2.12. The van der Waals surface area contributed by atoms with Gasteiger partial charge < -0.3 is 9.67 Å². The van der Waals surface area contributed by atoms with E-state index < -0.39 is 23.3 Å². The van der Waals surface area contributed by atoms with Crippen molar-refractivity contribution in [3.05, 3.63) is 69.6 Å². The summed E-state index contributed by atoms with van der Waals surface area (Å²) in [7, 11) is 1.51. The lowest BCUT2D eigenvalue weighted by molar-refractivity contribution is 0.212. The fraction of sp³-hybridized carbons (Fsp3) is 0.154. The molecule has 18 heavy (non-hydrogen) atoms. The lowest BCUT2D eigenvalue weighted by atomic mass is 10.0. The van der Waals surface area contributed by atoms with Crippen molar-refractivity contribution in [3.8, 4) is 0 Å². The molecule has 1 atom stereocenters. The molecular weight excluding hydrogens is 240 g/mol. The Hall–Kier alpha value is -2.01. The molecule has 94 valence electrons. The predicted molar refractivity (Wildman–Crippen MR) is 62.1 cm³/mol. The van der Waals surface area contributed by atoms with Crippen LogP contribution in [0.2, 0.25) is 0 Å². The number of aromatic nitrogens is 1. The second-order valence-corrected chi connectivity index (χ2v) is 3.95. The van der Waals surface area contributed by atoms with E-state index in [4.69, 9.17) is 0 Å². The molecule has 1 aromatic heterocycles. The van der Waals surface area contributed by atoms with E-state index in [0.717, 1.165) is 18.2 Å². The van der Waals surface area contributed by atoms with Crippen LogP contribution < -0.4 is 5.56 Å². The molecule has 0 fully saturated rings. The van der Waals surface area contributed by atoms with E-state index in [2.05, 4.69) is 0 Å². The fourth-order valence-corrected chi connectivity index (χ4v) is 1.72. The van der Waals surface area contributed by atoms with Gasteiger partial charge in [0.25, 0.3) is 5.56 Å². The SMILES string of the molecule is Cn1cccc(C(O)c2cc(F)ccc2F)c1=O. The Bertz CT molecular complexity index is 637. The van der Waals surface area contributed by atoms with Gasteiger partial charge in [-0.1, -0.05) is 0 Å². The van der Waals surface area contributed by atoms with Gasteiger partial charge in [0.2, 0.25) is 0 Å². The summed E-state index contributed by atoms with van der Waals surface area (Å²) in [6, 6.07) is 5.69. The van der Waals surface area contributed by atoms with Crippen molar-refractivity contribution in [2.24, 2.45) is 7.05 Å². The summed E-state index contributed by atoms with van der Waals surface area (Å²) in [5, 5.41) is 9.98. The maximum Gasteiger partial charge on any atom is 0.256 e. The van der Waals surface area contributed by atoms with Crippen molar-refractivity contribution >= 4 is 0 Å². The van der Waals surface area contributed by atoms with Crippen LogP contribution in [-0.4, -0.2) is 9.67 Å². The standard InChI is InChI=1S/C13H11F2NO2/c1-16-6-2-3-9(13(16)18)12(17)10-7-8(14)4-5-11(10)15/h2-7,12,17H,1H3. The number of rotatable bonds is 2. The van der Waals surface area contributed by atoms with Gasteiger partial charge in [0.05, 0.1) is 5.56 Å². The molecule has 2 aromatic rings. The molecule has 0 radical (unpaired) electrons. The third kappa shape index (κ3) is 2.17. The zero-order valence-corrected chi connectivity index (χ0v) is 9.60. The Kier molecular flexibility index (Phi) is 3.25. The maximum absolute atomic E-state index is 13.5. The lowest BCUT2D eigenvalue weighted by Crippen LogP contribution is -2.23. The van der Waals surface area contributed by atoms with Crippen molar-refractivity contribution in [3.63, 3.8) is 0 Å². The number of aryl methyl sites for hydroxylation is 1. The van der Waals surface area contributed by atoms with Gasteiger partial charge in [0, 0.05) is 18.8 Å².